The lowest BCUT2D eigenvalue weighted by molar-refractivity contribution is -0.364. The van der Waals surface area contributed by atoms with E-state index in [-0.39, 0.29) is 26.4 Å². The molecule has 0 radical (unpaired) electrons. The molecule has 0 saturated carbocycles. The topological polar surface area (TPSA) is 117 Å². The normalized spacial score (nSPS) is 29.2. The van der Waals surface area contributed by atoms with E-state index >= 15 is 0 Å². The summed E-state index contributed by atoms with van der Waals surface area (Å²) in [6.45, 7) is 10.9. The van der Waals surface area contributed by atoms with Crippen LogP contribution in [-0.4, -0.2) is 80.0 Å². The summed E-state index contributed by atoms with van der Waals surface area (Å²) in [6.07, 6.45) is -7.10. The maximum Gasteiger partial charge on any atom is 0.305 e. The van der Waals surface area contributed by atoms with Crippen LogP contribution in [0.2, 0.25) is 0 Å². The lowest BCUT2D eigenvalue weighted by atomic mass is 9.96. The number of rotatable bonds is 16. The average Bonchev–Trinajstić information content (AvgIpc) is 3.12. The minimum absolute atomic E-state index is 0.154. The fourth-order valence-electron chi connectivity index (χ4n) is 6.25. The van der Waals surface area contributed by atoms with Gasteiger partial charge in [-0.3, -0.25) is 9.59 Å². The van der Waals surface area contributed by atoms with E-state index in [0.717, 1.165) is 16.7 Å². The van der Waals surface area contributed by atoms with Crippen LogP contribution >= 0.6 is 0 Å². The highest BCUT2D eigenvalue weighted by molar-refractivity contribution is 5.66. The molecule has 0 aliphatic carbocycles. The van der Waals surface area contributed by atoms with Crippen LogP contribution in [-0.2, 0) is 72.0 Å². The van der Waals surface area contributed by atoms with E-state index in [1.165, 1.54) is 13.8 Å². The Labute approximate surface area is 299 Å². The van der Waals surface area contributed by atoms with E-state index in [2.05, 4.69) is 6.58 Å². The lowest BCUT2D eigenvalue weighted by Gasteiger charge is -2.49. The van der Waals surface area contributed by atoms with Crippen LogP contribution in [0.4, 0.5) is 0 Å². The predicted octanol–water partition coefficient (Wildman–Crippen LogP) is 5.68. The molecule has 5 rings (SSSR count). The van der Waals surface area contributed by atoms with Crippen molar-refractivity contribution in [3.05, 3.63) is 120 Å². The molecule has 0 unspecified atom stereocenters. The van der Waals surface area contributed by atoms with Gasteiger partial charge in [0.25, 0.3) is 0 Å². The second-order valence-electron chi connectivity index (χ2n) is 12.6. The van der Waals surface area contributed by atoms with E-state index in [1.54, 1.807) is 6.08 Å². The van der Waals surface area contributed by atoms with Gasteiger partial charge in [0.05, 0.1) is 38.6 Å². The van der Waals surface area contributed by atoms with Crippen LogP contribution in [0.25, 0.3) is 0 Å². The number of ether oxygens (including phenoxy) is 9. The maximum atomic E-state index is 12.6. The maximum absolute atomic E-state index is 12.6. The first-order chi connectivity index (χ1) is 24.7. The van der Waals surface area contributed by atoms with Gasteiger partial charge < -0.3 is 42.6 Å². The second kappa shape index (κ2) is 19.1. The molecule has 0 aromatic heterocycles. The van der Waals surface area contributed by atoms with Gasteiger partial charge in [-0.15, -0.1) is 6.58 Å². The molecule has 2 saturated heterocycles. The van der Waals surface area contributed by atoms with Crippen molar-refractivity contribution in [1.82, 2.24) is 0 Å². The molecule has 11 heteroatoms. The number of carbonyl (C=O) groups is 2. The molecule has 10 atom stereocenters. The Hall–Kier alpha value is -3.94. The first kappa shape index (κ1) is 38.3. The summed E-state index contributed by atoms with van der Waals surface area (Å²) in [5.41, 5.74) is 2.78. The van der Waals surface area contributed by atoms with Crippen LogP contribution in [0.15, 0.2) is 104 Å². The van der Waals surface area contributed by atoms with E-state index in [9.17, 15) is 9.59 Å². The Bertz CT molecular complexity index is 1500. The summed E-state index contributed by atoms with van der Waals surface area (Å²) in [5, 5.41) is 0. The third-order valence-electron chi connectivity index (χ3n) is 8.59. The number of hydrogen-bond donors (Lipinski definition) is 0. The van der Waals surface area contributed by atoms with Crippen LogP contribution in [0.1, 0.15) is 44.4 Å². The summed E-state index contributed by atoms with van der Waals surface area (Å²) in [5.74, 6) is -1.12. The average molecular weight is 705 g/mol. The van der Waals surface area contributed by atoms with Crippen molar-refractivity contribution in [2.45, 2.75) is 109 Å². The van der Waals surface area contributed by atoms with Gasteiger partial charge in [0.1, 0.15) is 30.5 Å². The number of benzene rings is 3. The number of esters is 2. The molecule has 0 spiro atoms. The van der Waals surface area contributed by atoms with Gasteiger partial charge in [0, 0.05) is 13.8 Å². The molecule has 3 aromatic rings. The molecule has 0 amide bonds. The summed E-state index contributed by atoms with van der Waals surface area (Å²) in [7, 11) is 0. The van der Waals surface area contributed by atoms with Crippen molar-refractivity contribution < 1.29 is 52.2 Å². The van der Waals surface area contributed by atoms with Crippen molar-refractivity contribution >= 4 is 11.9 Å². The molecule has 2 heterocycles. The Morgan fingerprint density at radius 1 is 0.569 bits per heavy atom. The SMILES string of the molecule is C=CCO[C@@H]1[C@H](OC(C)=O)[C@@H](O[C@@H]2[C@H](OCc3ccccc3)[C@@H](OC(C)=O)O[C@H](C)[C@H]2OCc2ccccc2)O[C@H](C)[C@H]1OCc1ccccc1. The Morgan fingerprint density at radius 2 is 1.00 bits per heavy atom. The van der Waals surface area contributed by atoms with Gasteiger partial charge in [0.2, 0.25) is 6.29 Å². The fraction of sp³-hybridized carbons (Fsp3) is 0.450. The van der Waals surface area contributed by atoms with Gasteiger partial charge in [-0.2, -0.15) is 0 Å². The molecule has 3 aromatic carbocycles. The predicted molar refractivity (Wildman–Crippen MR) is 186 cm³/mol. The van der Waals surface area contributed by atoms with Crippen LogP contribution in [0.3, 0.4) is 0 Å². The minimum Gasteiger partial charge on any atom is -0.454 e. The van der Waals surface area contributed by atoms with Gasteiger partial charge in [-0.25, -0.2) is 0 Å². The van der Waals surface area contributed by atoms with E-state index in [1.807, 2.05) is 105 Å². The highest BCUT2D eigenvalue weighted by Gasteiger charge is 2.54. The van der Waals surface area contributed by atoms with Crippen molar-refractivity contribution in [2.24, 2.45) is 0 Å². The lowest BCUT2D eigenvalue weighted by Crippen LogP contribution is -2.65. The monoisotopic (exact) mass is 704 g/mol. The molecule has 11 nitrogen and oxygen atoms in total. The van der Waals surface area contributed by atoms with Gasteiger partial charge in [-0.05, 0) is 30.5 Å². The zero-order valence-corrected chi connectivity index (χ0v) is 29.5. The van der Waals surface area contributed by atoms with Gasteiger partial charge >= 0.3 is 11.9 Å². The molecule has 0 bridgehead atoms. The van der Waals surface area contributed by atoms with Crippen LogP contribution < -0.4 is 0 Å². The Morgan fingerprint density at radius 3 is 1.45 bits per heavy atom. The molecule has 2 fully saturated rings. The second-order valence-corrected chi connectivity index (χ2v) is 12.6. The summed E-state index contributed by atoms with van der Waals surface area (Å²) < 4.78 is 56.8. The van der Waals surface area contributed by atoms with Gasteiger partial charge in [0.15, 0.2) is 12.4 Å². The van der Waals surface area contributed by atoms with E-state index in [0.29, 0.717) is 0 Å². The Balaban J connectivity index is 1.48. The zero-order chi connectivity index (χ0) is 36.2. The first-order valence-electron chi connectivity index (χ1n) is 17.2. The third kappa shape index (κ3) is 10.8. The van der Waals surface area contributed by atoms with Crippen molar-refractivity contribution in [2.75, 3.05) is 6.61 Å². The fourth-order valence-corrected chi connectivity index (χ4v) is 6.25. The zero-order valence-electron chi connectivity index (χ0n) is 29.5. The van der Waals surface area contributed by atoms with Crippen molar-refractivity contribution in [3.8, 4) is 0 Å². The summed E-state index contributed by atoms with van der Waals surface area (Å²) in [6, 6.07) is 29.0. The van der Waals surface area contributed by atoms with Crippen molar-refractivity contribution in [1.29, 1.82) is 0 Å². The Kier molecular flexibility index (Phi) is 14.3. The largest absolute Gasteiger partial charge is 0.454 e. The smallest absolute Gasteiger partial charge is 0.305 e. The molecular formula is C40H48O11. The number of hydrogen-bond acceptors (Lipinski definition) is 11. The standard InChI is InChI=1S/C40H48O11/c1-6-22-43-35-33(44-23-30-16-10-7-11-17-30)26(2)48-40(38(35)49-28(4)41)51-36-34(45-24-31-18-12-8-13-19-31)27(3)47-39(50-29(5)42)37(36)46-25-32-20-14-9-15-21-32/h6-21,26-27,33-40H,1,22-25H2,2-5H3/t26-,27-,33-,34-,35+,36+,37+,38+,39-,40-/m1/s1. The molecule has 274 valence electrons. The minimum atomic E-state index is -1.17. The van der Waals surface area contributed by atoms with Gasteiger partial charge in [-0.1, -0.05) is 97.1 Å². The number of carbonyl (C=O) groups excluding carboxylic acids is 2. The first-order valence-corrected chi connectivity index (χ1v) is 17.2. The van der Waals surface area contributed by atoms with Crippen LogP contribution in [0, 0.1) is 0 Å². The summed E-state index contributed by atoms with van der Waals surface area (Å²) >= 11 is 0. The highest BCUT2D eigenvalue weighted by atomic mass is 16.8. The molecule has 2 aliphatic rings. The molecule has 2 aliphatic heterocycles. The van der Waals surface area contributed by atoms with Crippen molar-refractivity contribution in [3.63, 3.8) is 0 Å². The molecule has 0 N–H and O–H groups in total. The highest BCUT2D eigenvalue weighted by Crippen LogP contribution is 2.36. The van der Waals surface area contributed by atoms with E-state index in [4.69, 9.17) is 42.6 Å². The van der Waals surface area contributed by atoms with E-state index < -0.39 is 73.4 Å². The molecule has 51 heavy (non-hydrogen) atoms. The summed E-state index contributed by atoms with van der Waals surface area (Å²) in [4.78, 5) is 25.0. The van der Waals surface area contributed by atoms with Crippen LogP contribution in [0.5, 0.6) is 0 Å². The third-order valence-corrected chi connectivity index (χ3v) is 8.59. The quantitative estimate of drug-likeness (QED) is 0.135. The molecular weight excluding hydrogens is 656 g/mol.